The van der Waals surface area contributed by atoms with Crippen molar-refractivity contribution in [1.82, 2.24) is 5.32 Å². The van der Waals surface area contributed by atoms with Crippen molar-refractivity contribution in [2.24, 2.45) is 0 Å². The van der Waals surface area contributed by atoms with Crippen molar-refractivity contribution in [2.45, 2.75) is 35.0 Å². The van der Waals surface area contributed by atoms with Crippen molar-refractivity contribution in [2.75, 3.05) is 13.2 Å². The number of halogens is 3. The molecule has 3 N–H and O–H groups in total. The summed E-state index contributed by atoms with van der Waals surface area (Å²) in [5.41, 5.74) is 0.327. The number of carbonyl (C=O) groups excluding carboxylic acids is 1. The molecule has 2 atom stereocenters. The summed E-state index contributed by atoms with van der Waals surface area (Å²) >= 11 is -0.253. The third kappa shape index (κ3) is 6.17. The number of nitrogens with one attached hydrogen (secondary N) is 1. The molecule has 0 spiro atoms. The van der Waals surface area contributed by atoms with Gasteiger partial charge in [-0.3, -0.25) is 0 Å². The molecule has 0 aliphatic heterocycles. The molecule has 1 aliphatic rings. The number of ether oxygens (including phenoxy) is 1. The molecule has 3 aromatic carbocycles. The lowest BCUT2D eigenvalue weighted by Crippen LogP contribution is -2.30. The minimum Gasteiger partial charge on any atom is -0.449 e. The third-order valence-electron chi connectivity index (χ3n) is 5.87. The van der Waals surface area contributed by atoms with Crippen LogP contribution in [0.1, 0.15) is 35.1 Å². The molecule has 0 saturated heterocycles. The Morgan fingerprint density at radius 1 is 0.943 bits per heavy atom. The Morgan fingerprint density at radius 3 is 2.09 bits per heavy atom. The molecule has 35 heavy (non-hydrogen) atoms. The van der Waals surface area contributed by atoms with Crippen LogP contribution < -0.4 is 5.32 Å². The lowest BCUT2D eigenvalue weighted by atomic mass is 9.98. The number of benzene rings is 3. The van der Waals surface area contributed by atoms with E-state index in [9.17, 15) is 28.2 Å². The van der Waals surface area contributed by atoms with Crippen LogP contribution in [0.4, 0.5) is 18.0 Å². The highest BCUT2D eigenvalue weighted by molar-refractivity contribution is 8.00. The molecular weight excluding hydrogens is 479 g/mol. The van der Waals surface area contributed by atoms with E-state index in [4.69, 9.17) is 4.74 Å². The molecule has 0 bridgehead atoms. The van der Waals surface area contributed by atoms with Crippen LogP contribution in [0.2, 0.25) is 0 Å². The van der Waals surface area contributed by atoms with Gasteiger partial charge in [0.05, 0.1) is 6.10 Å². The van der Waals surface area contributed by atoms with Gasteiger partial charge in [-0.1, -0.05) is 60.7 Å². The van der Waals surface area contributed by atoms with Crippen LogP contribution in [-0.2, 0) is 4.74 Å². The van der Waals surface area contributed by atoms with E-state index in [2.05, 4.69) is 5.32 Å². The van der Waals surface area contributed by atoms with E-state index < -0.39 is 23.8 Å². The number of fused-ring (bicyclic) bond motifs is 3. The SMILES string of the molecule is O=C(NCCC(O)C(O)c1ccc(SC(F)(F)F)cc1)OCC1c2ccccc2-c2ccccc21. The van der Waals surface area contributed by atoms with Gasteiger partial charge in [-0.25, -0.2) is 4.79 Å². The summed E-state index contributed by atoms with van der Waals surface area (Å²) in [6.07, 6.45) is -3.12. The number of aliphatic hydroxyl groups excluding tert-OH is 2. The van der Waals surface area contributed by atoms with Gasteiger partial charge in [0, 0.05) is 17.4 Å². The highest BCUT2D eigenvalue weighted by Gasteiger charge is 2.30. The Bertz CT molecular complexity index is 1120. The molecule has 0 aromatic heterocycles. The Labute approximate surface area is 204 Å². The van der Waals surface area contributed by atoms with Gasteiger partial charge in [0.25, 0.3) is 0 Å². The van der Waals surface area contributed by atoms with Crippen LogP contribution in [0, 0.1) is 0 Å². The van der Waals surface area contributed by atoms with E-state index in [-0.39, 0.29) is 47.7 Å². The number of aliphatic hydroxyl groups is 2. The molecular formula is C26H24F3NO4S. The molecule has 0 fully saturated rings. The van der Waals surface area contributed by atoms with Crippen molar-refractivity contribution >= 4 is 17.9 Å². The van der Waals surface area contributed by atoms with Gasteiger partial charge in [-0.05, 0) is 58.1 Å². The predicted molar refractivity (Wildman–Crippen MR) is 127 cm³/mol. The second-order valence-corrected chi connectivity index (χ2v) is 9.31. The summed E-state index contributed by atoms with van der Waals surface area (Å²) in [4.78, 5) is 12.2. The Balaban J connectivity index is 1.25. The maximum absolute atomic E-state index is 12.4. The molecule has 1 aliphatic carbocycles. The highest BCUT2D eigenvalue weighted by atomic mass is 32.2. The summed E-state index contributed by atoms with van der Waals surface area (Å²) in [5, 5.41) is 23.1. The number of alkyl halides is 3. The second kappa shape index (κ2) is 10.7. The molecule has 0 radical (unpaired) electrons. The molecule has 184 valence electrons. The molecule has 2 unspecified atom stereocenters. The lowest BCUT2D eigenvalue weighted by molar-refractivity contribution is -0.0328. The maximum atomic E-state index is 12.4. The molecule has 5 nitrogen and oxygen atoms in total. The average molecular weight is 504 g/mol. The van der Waals surface area contributed by atoms with Crippen molar-refractivity contribution in [3.05, 3.63) is 89.5 Å². The van der Waals surface area contributed by atoms with E-state index in [0.717, 1.165) is 22.3 Å². The van der Waals surface area contributed by atoms with Crippen molar-refractivity contribution < 1.29 is 32.9 Å². The fourth-order valence-corrected chi connectivity index (χ4v) is 4.76. The first kappa shape index (κ1) is 25.1. The molecule has 3 aromatic rings. The number of thioether (sulfide) groups is 1. The second-order valence-electron chi connectivity index (χ2n) is 8.17. The summed E-state index contributed by atoms with van der Waals surface area (Å²) in [6.45, 7) is 0.213. The zero-order valence-electron chi connectivity index (χ0n) is 18.5. The van der Waals surface area contributed by atoms with Crippen LogP contribution >= 0.6 is 11.8 Å². The first-order chi connectivity index (χ1) is 16.7. The first-order valence-electron chi connectivity index (χ1n) is 11.0. The van der Waals surface area contributed by atoms with Gasteiger partial charge < -0.3 is 20.3 Å². The average Bonchev–Trinajstić information content (AvgIpc) is 3.15. The molecule has 0 heterocycles. The summed E-state index contributed by atoms with van der Waals surface area (Å²) in [5.74, 6) is -0.0703. The zero-order chi connectivity index (χ0) is 25.0. The van der Waals surface area contributed by atoms with Gasteiger partial charge in [-0.2, -0.15) is 13.2 Å². The highest BCUT2D eigenvalue weighted by Crippen LogP contribution is 2.44. The number of rotatable bonds is 8. The van der Waals surface area contributed by atoms with Crippen molar-refractivity contribution in [3.8, 4) is 11.1 Å². The molecule has 4 rings (SSSR count). The first-order valence-corrected chi connectivity index (χ1v) is 11.9. The fraction of sp³-hybridized carbons (Fsp3) is 0.269. The zero-order valence-corrected chi connectivity index (χ0v) is 19.4. The number of carbonyl (C=O) groups is 1. The minimum atomic E-state index is -4.40. The quantitative estimate of drug-likeness (QED) is 0.348. The van der Waals surface area contributed by atoms with Crippen LogP contribution in [0.15, 0.2) is 77.7 Å². The van der Waals surface area contributed by atoms with E-state index >= 15 is 0 Å². The predicted octanol–water partition coefficient (Wildman–Crippen LogP) is 5.62. The topological polar surface area (TPSA) is 78.8 Å². The van der Waals surface area contributed by atoms with Crippen molar-refractivity contribution in [3.63, 3.8) is 0 Å². The Kier molecular flexibility index (Phi) is 7.69. The van der Waals surface area contributed by atoms with Gasteiger partial charge in [-0.15, -0.1) is 0 Å². The smallest absolute Gasteiger partial charge is 0.446 e. The summed E-state index contributed by atoms with van der Waals surface area (Å²) in [7, 11) is 0. The van der Waals surface area contributed by atoms with Crippen LogP contribution in [-0.4, -0.2) is 41.1 Å². The fourth-order valence-electron chi connectivity index (χ4n) is 4.22. The monoisotopic (exact) mass is 503 g/mol. The Hall–Kier alpha value is -3.01. The van der Waals surface area contributed by atoms with Crippen LogP contribution in [0.5, 0.6) is 0 Å². The minimum absolute atomic E-state index is 0.0140. The number of hydrogen-bond acceptors (Lipinski definition) is 5. The maximum Gasteiger partial charge on any atom is 0.446 e. The summed E-state index contributed by atoms with van der Waals surface area (Å²) < 4.78 is 42.7. The Morgan fingerprint density at radius 2 is 1.51 bits per heavy atom. The summed E-state index contributed by atoms with van der Waals surface area (Å²) in [6, 6.07) is 21.1. The van der Waals surface area contributed by atoms with E-state index in [1.165, 1.54) is 24.3 Å². The lowest BCUT2D eigenvalue weighted by Gasteiger charge is -2.19. The van der Waals surface area contributed by atoms with E-state index in [1.807, 2.05) is 48.5 Å². The van der Waals surface area contributed by atoms with Gasteiger partial charge in [0.15, 0.2) is 0 Å². The standard InChI is InChI=1S/C26H24F3NO4S/c27-26(28,29)35-17-11-9-16(10-12-17)24(32)23(31)13-14-30-25(33)34-15-22-20-7-3-1-5-18(20)19-6-2-4-8-21(19)22/h1-12,22-24,31-32H,13-15H2,(H,30,33). The number of amides is 1. The van der Waals surface area contributed by atoms with Gasteiger partial charge >= 0.3 is 11.6 Å². The van der Waals surface area contributed by atoms with E-state index in [1.54, 1.807) is 0 Å². The molecule has 0 saturated carbocycles. The molecule has 1 amide bonds. The third-order valence-corrected chi connectivity index (χ3v) is 6.61. The van der Waals surface area contributed by atoms with E-state index in [0.29, 0.717) is 0 Å². The van der Waals surface area contributed by atoms with Crippen LogP contribution in [0.3, 0.4) is 0 Å². The van der Waals surface area contributed by atoms with Crippen molar-refractivity contribution in [1.29, 1.82) is 0 Å². The normalized spacial score (nSPS) is 14.7. The largest absolute Gasteiger partial charge is 0.449 e. The van der Waals surface area contributed by atoms with Gasteiger partial charge in [0.2, 0.25) is 0 Å². The number of hydrogen-bond donors (Lipinski definition) is 3. The van der Waals surface area contributed by atoms with Gasteiger partial charge in [0.1, 0.15) is 12.7 Å². The number of alkyl carbamates (subject to hydrolysis) is 1. The van der Waals surface area contributed by atoms with Crippen LogP contribution in [0.25, 0.3) is 11.1 Å². The molecule has 9 heteroatoms.